The van der Waals surface area contributed by atoms with Crippen LogP contribution in [0.4, 0.5) is 11.6 Å². The zero-order chi connectivity index (χ0) is 14.1. The molecule has 0 spiro atoms. The Balaban J connectivity index is 1.72. The molecule has 2 fully saturated rings. The van der Waals surface area contributed by atoms with Crippen LogP contribution in [0.2, 0.25) is 10.0 Å². The molecule has 2 aliphatic heterocycles. The lowest BCUT2D eigenvalue weighted by Crippen LogP contribution is -2.41. The Morgan fingerprint density at radius 1 is 1.10 bits per heavy atom. The van der Waals surface area contributed by atoms with Crippen LogP contribution >= 0.6 is 23.2 Å². The molecule has 2 saturated heterocycles. The van der Waals surface area contributed by atoms with E-state index in [0.717, 1.165) is 18.9 Å². The van der Waals surface area contributed by atoms with Gasteiger partial charge in [0.2, 0.25) is 0 Å². The van der Waals surface area contributed by atoms with E-state index in [4.69, 9.17) is 28.9 Å². The zero-order valence-corrected chi connectivity index (χ0v) is 13.0. The highest BCUT2D eigenvalue weighted by molar-refractivity contribution is 6.37. The van der Waals surface area contributed by atoms with Crippen molar-refractivity contribution in [2.24, 2.45) is 0 Å². The van der Waals surface area contributed by atoms with Crippen LogP contribution in [-0.2, 0) is 0 Å². The highest BCUT2D eigenvalue weighted by Gasteiger charge is 2.30. The summed E-state index contributed by atoms with van der Waals surface area (Å²) in [7, 11) is 0. The molecule has 0 saturated carbocycles. The van der Waals surface area contributed by atoms with Gasteiger partial charge in [-0.25, -0.2) is 4.98 Å². The monoisotopic (exact) mass is 314 g/mol. The molecule has 0 aromatic carbocycles. The molecule has 1 unspecified atom stereocenters. The van der Waals surface area contributed by atoms with E-state index in [-0.39, 0.29) is 0 Å². The van der Waals surface area contributed by atoms with Gasteiger partial charge in [-0.05, 0) is 38.4 Å². The minimum atomic E-state index is 0.354. The summed E-state index contributed by atoms with van der Waals surface area (Å²) in [5.74, 6) is 1.13. The highest BCUT2D eigenvalue weighted by Crippen LogP contribution is 2.33. The van der Waals surface area contributed by atoms with Gasteiger partial charge in [0.05, 0.1) is 10.0 Å². The Hall–Kier alpha value is -0.710. The molecule has 3 heterocycles. The van der Waals surface area contributed by atoms with E-state index >= 15 is 0 Å². The third-order valence-electron chi connectivity index (χ3n) is 4.31. The molecular weight excluding hydrogens is 295 g/mol. The quantitative estimate of drug-likeness (QED) is 0.911. The van der Waals surface area contributed by atoms with Crippen molar-refractivity contribution in [2.75, 3.05) is 36.8 Å². The Morgan fingerprint density at radius 3 is 2.60 bits per heavy atom. The number of hydrogen-bond donors (Lipinski definition) is 1. The Morgan fingerprint density at radius 2 is 1.85 bits per heavy atom. The van der Waals surface area contributed by atoms with Crippen LogP contribution in [0.5, 0.6) is 0 Å². The number of nitrogen functional groups attached to an aromatic ring is 1. The van der Waals surface area contributed by atoms with Crippen molar-refractivity contribution in [3.05, 3.63) is 16.1 Å². The van der Waals surface area contributed by atoms with Gasteiger partial charge in [0.25, 0.3) is 0 Å². The lowest BCUT2D eigenvalue weighted by atomic mass is 10.1. The van der Waals surface area contributed by atoms with E-state index in [0.29, 0.717) is 21.9 Å². The van der Waals surface area contributed by atoms with Crippen molar-refractivity contribution < 1.29 is 0 Å². The van der Waals surface area contributed by atoms with Crippen LogP contribution in [0.3, 0.4) is 0 Å². The molecule has 3 rings (SSSR count). The van der Waals surface area contributed by atoms with E-state index in [1.165, 1.54) is 38.8 Å². The molecule has 0 aliphatic carbocycles. The van der Waals surface area contributed by atoms with Crippen molar-refractivity contribution in [1.82, 2.24) is 9.88 Å². The number of piperidine rings is 1. The van der Waals surface area contributed by atoms with Crippen LogP contribution in [0.1, 0.15) is 25.7 Å². The zero-order valence-electron chi connectivity index (χ0n) is 11.5. The van der Waals surface area contributed by atoms with Gasteiger partial charge in [0, 0.05) is 19.1 Å². The summed E-state index contributed by atoms with van der Waals surface area (Å²) in [6.07, 6.45) is 5.18. The minimum absolute atomic E-state index is 0.354. The van der Waals surface area contributed by atoms with Gasteiger partial charge in [0.15, 0.2) is 0 Å². The van der Waals surface area contributed by atoms with Crippen molar-refractivity contribution in [3.8, 4) is 0 Å². The van der Waals surface area contributed by atoms with Gasteiger partial charge in [-0.15, -0.1) is 0 Å². The molecule has 2 N–H and O–H groups in total. The second-order valence-electron chi connectivity index (χ2n) is 5.65. The summed E-state index contributed by atoms with van der Waals surface area (Å²) in [4.78, 5) is 9.19. The second kappa shape index (κ2) is 5.96. The third-order valence-corrected chi connectivity index (χ3v) is 4.89. The first-order chi connectivity index (χ1) is 9.65. The van der Waals surface area contributed by atoms with Crippen molar-refractivity contribution in [2.45, 2.75) is 31.7 Å². The lowest BCUT2D eigenvalue weighted by molar-refractivity contribution is 0.175. The smallest absolute Gasteiger partial charge is 0.149 e. The number of nitrogens with two attached hydrogens (primary N) is 1. The molecule has 2 aliphatic rings. The lowest BCUT2D eigenvalue weighted by Gasteiger charge is -2.32. The van der Waals surface area contributed by atoms with Crippen LogP contribution in [-0.4, -0.2) is 42.1 Å². The van der Waals surface area contributed by atoms with Gasteiger partial charge in [-0.2, -0.15) is 0 Å². The van der Waals surface area contributed by atoms with E-state index in [2.05, 4.69) is 14.8 Å². The van der Waals surface area contributed by atoms with Gasteiger partial charge in [0.1, 0.15) is 11.6 Å². The van der Waals surface area contributed by atoms with Crippen molar-refractivity contribution >= 4 is 34.8 Å². The fourth-order valence-corrected chi connectivity index (χ4v) is 3.69. The Kier molecular flexibility index (Phi) is 4.24. The number of rotatable bonds is 2. The first-order valence-electron chi connectivity index (χ1n) is 7.25. The SMILES string of the molecule is Nc1nc(N2CCC(N3CCCCC3)C2)c(Cl)cc1Cl. The topological polar surface area (TPSA) is 45.4 Å². The average Bonchev–Trinajstić information content (AvgIpc) is 2.93. The van der Waals surface area contributed by atoms with Gasteiger partial charge in [-0.1, -0.05) is 29.6 Å². The second-order valence-corrected chi connectivity index (χ2v) is 6.46. The number of halogens is 2. The molecule has 0 bridgehead atoms. The molecule has 0 amide bonds. The standard InChI is InChI=1S/C14H20Cl2N4/c15-11-8-12(16)14(18-13(11)17)20-7-4-10(9-20)19-5-2-1-3-6-19/h8,10H,1-7,9H2,(H2,17,18). The predicted molar refractivity (Wildman–Crippen MR) is 84.7 cm³/mol. The van der Waals surface area contributed by atoms with E-state index in [9.17, 15) is 0 Å². The number of anilines is 2. The van der Waals surface area contributed by atoms with Crippen LogP contribution in [0, 0.1) is 0 Å². The molecule has 6 heteroatoms. The summed E-state index contributed by atoms with van der Waals surface area (Å²) in [5, 5.41) is 1.01. The van der Waals surface area contributed by atoms with Gasteiger partial charge in [-0.3, -0.25) is 4.90 Å². The summed E-state index contributed by atoms with van der Waals surface area (Å²) < 4.78 is 0. The molecule has 20 heavy (non-hydrogen) atoms. The minimum Gasteiger partial charge on any atom is -0.382 e. The summed E-state index contributed by atoms with van der Waals surface area (Å²) in [6.45, 7) is 4.41. The first kappa shape index (κ1) is 14.2. The van der Waals surface area contributed by atoms with Crippen LogP contribution in [0.25, 0.3) is 0 Å². The van der Waals surface area contributed by atoms with Gasteiger partial charge >= 0.3 is 0 Å². The van der Waals surface area contributed by atoms with Crippen molar-refractivity contribution in [3.63, 3.8) is 0 Å². The predicted octanol–water partition coefficient (Wildman–Crippen LogP) is 3.04. The number of pyridine rings is 1. The largest absolute Gasteiger partial charge is 0.382 e. The Labute approximate surface area is 129 Å². The molecule has 0 radical (unpaired) electrons. The molecule has 1 aromatic heterocycles. The third kappa shape index (κ3) is 2.83. The Bertz CT molecular complexity index is 488. The number of hydrogen-bond acceptors (Lipinski definition) is 4. The van der Waals surface area contributed by atoms with Crippen molar-refractivity contribution in [1.29, 1.82) is 0 Å². The molecule has 1 atom stereocenters. The van der Waals surface area contributed by atoms with E-state index in [1.807, 2.05) is 0 Å². The molecule has 1 aromatic rings. The first-order valence-corrected chi connectivity index (χ1v) is 8.01. The molecule has 4 nitrogen and oxygen atoms in total. The van der Waals surface area contributed by atoms with E-state index in [1.54, 1.807) is 6.07 Å². The summed E-state index contributed by atoms with van der Waals surface area (Å²) in [5.41, 5.74) is 5.80. The number of nitrogens with zero attached hydrogens (tertiary/aromatic N) is 3. The highest BCUT2D eigenvalue weighted by atomic mass is 35.5. The maximum Gasteiger partial charge on any atom is 0.149 e. The van der Waals surface area contributed by atoms with Gasteiger partial charge < -0.3 is 10.6 Å². The molecule has 110 valence electrons. The van der Waals surface area contributed by atoms with E-state index < -0.39 is 0 Å². The summed E-state index contributed by atoms with van der Waals surface area (Å²) >= 11 is 12.2. The molecular formula is C14H20Cl2N4. The maximum atomic E-state index is 6.26. The maximum absolute atomic E-state index is 6.26. The van der Waals surface area contributed by atoms with Crippen LogP contribution in [0.15, 0.2) is 6.07 Å². The number of aromatic nitrogens is 1. The fourth-order valence-electron chi connectivity index (χ4n) is 3.21. The fraction of sp³-hybridized carbons (Fsp3) is 0.643. The summed E-state index contributed by atoms with van der Waals surface area (Å²) in [6, 6.07) is 2.31. The average molecular weight is 315 g/mol. The number of likely N-dealkylation sites (tertiary alicyclic amines) is 1. The normalized spacial score (nSPS) is 24.3. The van der Waals surface area contributed by atoms with Crippen LogP contribution < -0.4 is 10.6 Å².